The van der Waals surface area contributed by atoms with E-state index in [0.717, 1.165) is 25.7 Å². The first-order chi connectivity index (χ1) is 14.2. The molecule has 2 heterocycles. The highest BCUT2D eigenvalue weighted by molar-refractivity contribution is 6.04. The Labute approximate surface area is 176 Å². The summed E-state index contributed by atoms with van der Waals surface area (Å²) in [6.07, 6.45) is 3.28. The zero-order valence-electron chi connectivity index (χ0n) is 18.1. The first-order valence-corrected chi connectivity index (χ1v) is 10.6. The van der Waals surface area contributed by atoms with Crippen LogP contribution in [0.3, 0.4) is 0 Å². The number of esters is 2. The number of aromatic nitrogens is 1. The van der Waals surface area contributed by atoms with Gasteiger partial charge < -0.3 is 19.4 Å². The molecule has 1 aromatic heterocycles. The standard InChI is InChI=1S/C22H30N2O6/c1-5-29-22(28)18-12(2)19(23-13(18)3)20(26)14(4)30-21(27)15-10-17(25)24(11-15)16-8-6-7-9-16/h14-16,23H,5-11H2,1-4H3/t14-,15-/m1/s1. The number of aromatic amines is 1. The summed E-state index contributed by atoms with van der Waals surface area (Å²) in [7, 11) is 0. The molecular weight excluding hydrogens is 388 g/mol. The number of Topliss-reactive ketones (excluding diaryl/α,β-unsaturated/α-hetero) is 1. The maximum atomic E-state index is 12.9. The number of likely N-dealkylation sites (tertiary alicyclic amines) is 1. The van der Waals surface area contributed by atoms with Gasteiger partial charge in [0.25, 0.3) is 0 Å². The van der Waals surface area contributed by atoms with E-state index in [4.69, 9.17) is 9.47 Å². The van der Waals surface area contributed by atoms with Gasteiger partial charge in [-0.25, -0.2) is 4.79 Å². The topological polar surface area (TPSA) is 106 Å². The smallest absolute Gasteiger partial charge is 0.340 e. The Morgan fingerprint density at radius 3 is 2.50 bits per heavy atom. The van der Waals surface area contributed by atoms with Crippen molar-refractivity contribution in [2.75, 3.05) is 13.2 Å². The molecule has 3 rings (SSSR count). The molecule has 0 spiro atoms. The number of nitrogens with zero attached hydrogens (tertiary/aromatic N) is 1. The van der Waals surface area contributed by atoms with Crippen LogP contribution >= 0.6 is 0 Å². The van der Waals surface area contributed by atoms with Crippen molar-refractivity contribution < 1.29 is 28.7 Å². The minimum Gasteiger partial charge on any atom is -0.462 e. The molecule has 1 N–H and O–H groups in total. The molecule has 0 aromatic carbocycles. The molecule has 164 valence electrons. The van der Waals surface area contributed by atoms with Gasteiger partial charge in [0.2, 0.25) is 11.7 Å². The van der Waals surface area contributed by atoms with Crippen molar-refractivity contribution in [1.29, 1.82) is 0 Å². The number of ketones is 1. The first kappa shape index (κ1) is 22.1. The van der Waals surface area contributed by atoms with Crippen LogP contribution in [-0.2, 0) is 19.1 Å². The molecule has 0 unspecified atom stereocenters. The maximum absolute atomic E-state index is 12.9. The van der Waals surface area contributed by atoms with Crippen LogP contribution in [0.1, 0.15) is 78.1 Å². The number of nitrogens with one attached hydrogen (secondary N) is 1. The zero-order valence-corrected chi connectivity index (χ0v) is 18.1. The third kappa shape index (κ3) is 4.27. The van der Waals surface area contributed by atoms with Crippen LogP contribution in [0.5, 0.6) is 0 Å². The lowest BCUT2D eigenvalue weighted by Gasteiger charge is -2.24. The minimum absolute atomic E-state index is 0.0160. The van der Waals surface area contributed by atoms with E-state index < -0.39 is 29.7 Å². The lowest BCUT2D eigenvalue weighted by Crippen LogP contribution is -2.35. The van der Waals surface area contributed by atoms with Gasteiger partial charge in [-0.2, -0.15) is 0 Å². The molecule has 2 atom stereocenters. The normalized spacial score (nSPS) is 20.5. The fourth-order valence-electron chi connectivity index (χ4n) is 4.49. The van der Waals surface area contributed by atoms with Crippen LogP contribution in [0.4, 0.5) is 0 Å². The summed E-state index contributed by atoms with van der Waals surface area (Å²) in [4.78, 5) is 54.7. The predicted molar refractivity (Wildman–Crippen MR) is 108 cm³/mol. The predicted octanol–water partition coefficient (Wildman–Crippen LogP) is 2.71. The number of aryl methyl sites for hydroxylation is 1. The van der Waals surface area contributed by atoms with Gasteiger partial charge in [-0.3, -0.25) is 14.4 Å². The van der Waals surface area contributed by atoms with Crippen molar-refractivity contribution in [3.8, 4) is 0 Å². The highest BCUT2D eigenvalue weighted by atomic mass is 16.5. The van der Waals surface area contributed by atoms with Crippen molar-refractivity contribution >= 4 is 23.6 Å². The number of carbonyl (C=O) groups excluding carboxylic acids is 4. The van der Waals surface area contributed by atoms with Crippen LogP contribution in [0.2, 0.25) is 0 Å². The molecule has 2 fully saturated rings. The summed E-state index contributed by atoms with van der Waals surface area (Å²) >= 11 is 0. The molecule has 1 aliphatic heterocycles. The van der Waals surface area contributed by atoms with E-state index in [2.05, 4.69) is 4.98 Å². The molecule has 8 heteroatoms. The molecule has 0 radical (unpaired) electrons. The van der Waals surface area contributed by atoms with Crippen LogP contribution in [0.15, 0.2) is 0 Å². The van der Waals surface area contributed by atoms with Gasteiger partial charge in [0.05, 0.1) is 23.8 Å². The summed E-state index contributed by atoms with van der Waals surface area (Å²) < 4.78 is 10.5. The van der Waals surface area contributed by atoms with Gasteiger partial charge in [-0.1, -0.05) is 12.8 Å². The number of rotatable bonds is 7. The van der Waals surface area contributed by atoms with Gasteiger partial charge in [0.1, 0.15) is 0 Å². The number of ether oxygens (including phenoxy) is 2. The highest BCUT2D eigenvalue weighted by Gasteiger charge is 2.40. The average molecular weight is 418 g/mol. The lowest BCUT2D eigenvalue weighted by molar-refractivity contribution is -0.151. The van der Waals surface area contributed by atoms with E-state index in [0.29, 0.717) is 23.4 Å². The van der Waals surface area contributed by atoms with Crippen molar-refractivity contribution in [1.82, 2.24) is 9.88 Å². The Bertz CT molecular complexity index is 852. The van der Waals surface area contributed by atoms with Crippen molar-refractivity contribution in [3.63, 3.8) is 0 Å². The second kappa shape index (κ2) is 9.02. The Kier molecular flexibility index (Phi) is 6.63. The molecule has 30 heavy (non-hydrogen) atoms. The number of amides is 1. The lowest BCUT2D eigenvalue weighted by atomic mass is 10.1. The number of carbonyl (C=O) groups is 4. The van der Waals surface area contributed by atoms with Gasteiger partial charge in [-0.05, 0) is 46.1 Å². The number of H-pyrrole nitrogens is 1. The quantitative estimate of drug-likeness (QED) is 0.539. The summed E-state index contributed by atoms with van der Waals surface area (Å²) in [6, 6.07) is 0.222. The Morgan fingerprint density at radius 1 is 1.20 bits per heavy atom. The first-order valence-electron chi connectivity index (χ1n) is 10.6. The average Bonchev–Trinajstić information content (AvgIpc) is 3.40. The van der Waals surface area contributed by atoms with Crippen molar-refractivity contribution in [3.05, 3.63) is 22.5 Å². The van der Waals surface area contributed by atoms with Crippen LogP contribution in [0, 0.1) is 19.8 Å². The van der Waals surface area contributed by atoms with Gasteiger partial charge in [-0.15, -0.1) is 0 Å². The van der Waals surface area contributed by atoms with Gasteiger partial charge >= 0.3 is 11.9 Å². The molecule has 2 aliphatic rings. The zero-order chi connectivity index (χ0) is 22.0. The summed E-state index contributed by atoms with van der Waals surface area (Å²) in [5.74, 6) is -2.01. The van der Waals surface area contributed by atoms with E-state index in [-0.39, 0.29) is 30.7 Å². The van der Waals surface area contributed by atoms with Crippen LogP contribution in [0.25, 0.3) is 0 Å². The number of hydrogen-bond donors (Lipinski definition) is 1. The molecule has 8 nitrogen and oxygen atoms in total. The fourth-order valence-corrected chi connectivity index (χ4v) is 4.49. The Balaban J connectivity index is 1.64. The van der Waals surface area contributed by atoms with E-state index in [1.54, 1.807) is 25.7 Å². The van der Waals surface area contributed by atoms with Crippen molar-refractivity contribution in [2.45, 2.75) is 71.9 Å². The molecule has 0 bridgehead atoms. The molecule has 1 aromatic rings. The van der Waals surface area contributed by atoms with Gasteiger partial charge in [0, 0.05) is 24.7 Å². The molecule has 1 amide bonds. The van der Waals surface area contributed by atoms with Gasteiger partial charge in [0.15, 0.2) is 6.10 Å². The van der Waals surface area contributed by atoms with E-state index in [9.17, 15) is 19.2 Å². The monoisotopic (exact) mass is 418 g/mol. The molecule has 1 saturated carbocycles. The Hall–Kier alpha value is -2.64. The SMILES string of the molecule is CCOC(=O)c1c(C)[nH]c(C(=O)[C@@H](C)OC(=O)[C@@H]2CC(=O)N(C3CCCC3)C2)c1C. The maximum Gasteiger partial charge on any atom is 0.340 e. The molecule has 1 aliphatic carbocycles. The largest absolute Gasteiger partial charge is 0.462 e. The second-order valence-electron chi connectivity index (χ2n) is 8.17. The number of hydrogen-bond acceptors (Lipinski definition) is 6. The van der Waals surface area contributed by atoms with E-state index >= 15 is 0 Å². The molecule has 1 saturated heterocycles. The third-order valence-electron chi connectivity index (χ3n) is 6.08. The fraction of sp³-hybridized carbons (Fsp3) is 0.636. The van der Waals surface area contributed by atoms with Crippen LogP contribution < -0.4 is 0 Å². The highest BCUT2D eigenvalue weighted by Crippen LogP contribution is 2.30. The second-order valence-corrected chi connectivity index (χ2v) is 8.17. The van der Waals surface area contributed by atoms with Crippen LogP contribution in [-0.4, -0.2) is 58.8 Å². The minimum atomic E-state index is -1.03. The summed E-state index contributed by atoms with van der Waals surface area (Å²) in [5.41, 5.74) is 1.56. The molecular formula is C22H30N2O6. The summed E-state index contributed by atoms with van der Waals surface area (Å²) in [5, 5.41) is 0. The van der Waals surface area contributed by atoms with Crippen molar-refractivity contribution in [2.24, 2.45) is 5.92 Å². The van der Waals surface area contributed by atoms with E-state index in [1.807, 2.05) is 0 Å². The third-order valence-corrected chi connectivity index (χ3v) is 6.08. The van der Waals surface area contributed by atoms with E-state index in [1.165, 1.54) is 6.92 Å². The Morgan fingerprint density at radius 2 is 1.87 bits per heavy atom. The summed E-state index contributed by atoms with van der Waals surface area (Å²) in [6.45, 7) is 7.16.